The highest BCUT2D eigenvalue weighted by molar-refractivity contribution is 8.24. The van der Waals surface area contributed by atoms with Crippen LogP contribution in [0.25, 0.3) is 0 Å². The summed E-state index contributed by atoms with van der Waals surface area (Å²) in [6.07, 6.45) is 0. The summed E-state index contributed by atoms with van der Waals surface area (Å²) in [6, 6.07) is 3.54. The molecule has 0 aromatic carbocycles. The third-order valence-electron chi connectivity index (χ3n) is 1.27. The van der Waals surface area contributed by atoms with Gasteiger partial charge in [0.05, 0.1) is 5.75 Å². The van der Waals surface area contributed by atoms with Crippen LogP contribution in [0.1, 0.15) is 11.5 Å². The molecule has 0 atom stereocenters. The maximum absolute atomic E-state index is 10.2. The van der Waals surface area contributed by atoms with Gasteiger partial charge in [0.1, 0.15) is 9.96 Å². The fraction of sp³-hybridized carbons (Fsp3) is 0.250. The van der Waals surface area contributed by atoms with E-state index in [4.69, 9.17) is 21.7 Å². The van der Waals surface area contributed by atoms with E-state index in [0.717, 1.165) is 17.5 Å². The highest BCUT2D eigenvalue weighted by Gasteiger charge is 2.08. The quantitative estimate of drug-likeness (QED) is 0.784. The van der Waals surface area contributed by atoms with Crippen molar-refractivity contribution in [1.82, 2.24) is 0 Å². The van der Waals surface area contributed by atoms with Crippen LogP contribution in [0.2, 0.25) is 0 Å². The summed E-state index contributed by atoms with van der Waals surface area (Å²) in [6.45, 7) is 1.81. The number of carboxylic acids is 1. The standard InChI is InChI=1S/C8H8O3S2/c1-5-2-3-6(11-5)8(12)13-4-7(9)10/h2-3H,4H2,1H3,(H,9,10). The molecular weight excluding hydrogens is 208 g/mol. The van der Waals surface area contributed by atoms with Crippen LogP contribution in [0.3, 0.4) is 0 Å². The summed E-state index contributed by atoms with van der Waals surface area (Å²) in [5.41, 5.74) is 0. The Bertz CT molecular complexity index is 330. The molecular formula is C8H8O3S2. The van der Waals surface area contributed by atoms with E-state index in [1.807, 2.05) is 6.92 Å². The van der Waals surface area contributed by atoms with Crippen molar-refractivity contribution in [3.8, 4) is 0 Å². The van der Waals surface area contributed by atoms with Gasteiger partial charge in [-0.25, -0.2) is 0 Å². The van der Waals surface area contributed by atoms with Crippen LogP contribution in [0.5, 0.6) is 0 Å². The summed E-state index contributed by atoms with van der Waals surface area (Å²) in [5.74, 6) is 0.432. The maximum Gasteiger partial charge on any atom is 0.313 e. The lowest BCUT2D eigenvalue weighted by molar-refractivity contribution is -0.133. The Labute approximate surface area is 85.1 Å². The molecule has 1 heterocycles. The van der Waals surface area contributed by atoms with Crippen molar-refractivity contribution < 1.29 is 14.3 Å². The second-order valence-corrected chi connectivity index (χ2v) is 4.03. The van der Waals surface area contributed by atoms with Gasteiger partial charge in [-0.2, -0.15) is 0 Å². The number of aryl methyl sites for hydroxylation is 1. The molecule has 0 saturated heterocycles. The zero-order valence-corrected chi connectivity index (χ0v) is 8.58. The van der Waals surface area contributed by atoms with Crippen molar-refractivity contribution in [3.63, 3.8) is 0 Å². The van der Waals surface area contributed by atoms with Gasteiger partial charge < -0.3 is 9.52 Å². The number of hydrogen-bond donors (Lipinski definition) is 1. The molecule has 0 aliphatic heterocycles. The van der Waals surface area contributed by atoms with E-state index in [0.29, 0.717) is 9.96 Å². The SMILES string of the molecule is Cc1ccc(C(=S)SCC(=O)O)o1. The first-order chi connectivity index (χ1) is 6.09. The molecule has 70 valence electrons. The number of furan rings is 1. The first-order valence-electron chi connectivity index (χ1n) is 3.55. The second-order valence-electron chi connectivity index (χ2n) is 2.38. The molecule has 0 radical (unpaired) electrons. The molecule has 0 spiro atoms. The van der Waals surface area contributed by atoms with Crippen LogP contribution in [0.15, 0.2) is 16.5 Å². The molecule has 1 rings (SSSR count). The van der Waals surface area contributed by atoms with Crippen LogP contribution in [0, 0.1) is 6.92 Å². The number of thioether (sulfide) groups is 1. The van der Waals surface area contributed by atoms with Crippen molar-refractivity contribution in [1.29, 1.82) is 0 Å². The molecule has 0 unspecified atom stereocenters. The number of carbonyl (C=O) groups is 1. The first kappa shape index (κ1) is 10.3. The Morgan fingerprint density at radius 1 is 1.69 bits per heavy atom. The van der Waals surface area contributed by atoms with Crippen LogP contribution in [0.4, 0.5) is 0 Å². The largest absolute Gasteiger partial charge is 0.481 e. The van der Waals surface area contributed by atoms with Crippen LogP contribution >= 0.6 is 24.0 Å². The molecule has 0 aliphatic rings. The molecule has 0 amide bonds. The maximum atomic E-state index is 10.2. The minimum atomic E-state index is -0.879. The third kappa shape index (κ3) is 3.20. The van der Waals surface area contributed by atoms with Gasteiger partial charge in [0.25, 0.3) is 0 Å². The molecule has 1 aromatic rings. The summed E-state index contributed by atoms with van der Waals surface area (Å²) >= 11 is 6.05. The number of aliphatic carboxylic acids is 1. The second kappa shape index (κ2) is 4.43. The molecule has 0 bridgehead atoms. The smallest absolute Gasteiger partial charge is 0.313 e. The lowest BCUT2D eigenvalue weighted by atomic mass is 10.5. The van der Waals surface area contributed by atoms with Gasteiger partial charge in [0.2, 0.25) is 0 Å². The molecule has 0 fully saturated rings. The molecule has 0 aliphatic carbocycles. The summed E-state index contributed by atoms with van der Waals surface area (Å²) in [4.78, 5) is 10.2. The Hall–Kier alpha value is -0.810. The van der Waals surface area contributed by atoms with E-state index in [2.05, 4.69) is 0 Å². The Morgan fingerprint density at radius 3 is 2.85 bits per heavy atom. The van der Waals surface area contributed by atoms with Crippen molar-refractivity contribution in [2.24, 2.45) is 0 Å². The molecule has 1 N–H and O–H groups in total. The average molecular weight is 216 g/mol. The summed E-state index contributed by atoms with van der Waals surface area (Å²) in [5, 5.41) is 8.40. The third-order valence-corrected chi connectivity index (χ3v) is 2.68. The van der Waals surface area contributed by atoms with Gasteiger partial charge in [0, 0.05) is 0 Å². The molecule has 0 saturated carbocycles. The summed E-state index contributed by atoms with van der Waals surface area (Å²) < 4.78 is 5.70. The number of thiocarbonyl (C=S) groups is 1. The van der Waals surface area contributed by atoms with Gasteiger partial charge in [-0.1, -0.05) is 24.0 Å². The summed E-state index contributed by atoms with van der Waals surface area (Å²) in [7, 11) is 0. The molecule has 13 heavy (non-hydrogen) atoms. The minimum absolute atomic E-state index is 0.0292. The Balaban J connectivity index is 2.54. The van der Waals surface area contributed by atoms with Gasteiger partial charge >= 0.3 is 5.97 Å². The number of rotatable bonds is 3. The fourth-order valence-corrected chi connectivity index (χ4v) is 1.54. The van der Waals surface area contributed by atoms with Crippen molar-refractivity contribution in [2.75, 3.05) is 5.75 Å². The zero-order chi connectivity index (χ0) is 9.84. The Kier molecular flexibility index (Phi) is 3.50. The lowest BCUT2D eigenvalue weighted by Gasteiger charge is -1.96. The van der Waals surface area contributed by atoms with E-state index in [-0.39, 0.29) is 5.75 Å². The first-order valence-corrected chi connectivity index (χ1v) is 4.94. The van der Waals surface area contributed by atoms with Gasteiger partial charge in [-0.05, 0) is 19.1 Å². The molecule has 3 nitrogen and oxygen atoms in total. The normalized spacial score (nSPS) is 9.92. The van der Waals surface area contributed by atoms with E-state index in [9.17, 15) is 4.79 Å². The average Bonchev–Trinajstić information content (AvgIpc) is 2.47. The zero-order valence-electron chi connectivity index (χ0n) is 6.94. The predicted octanol–water partition coefficient (Wildman–Crippen LogP) is 2.08. The van der Waals surface area contributed by atoms with Crippen LogP contribution < -0.4 is 0 Å². The fourth-order valence-electron chi connectivity index (χ4n) is 0.743. The van der Waals surface area contributed by atoms with Gasteiger partial charge in [-0.3, -0.25) is 4.79 Å². The topological polar surface area (TPSA) is 50.4 Å². The van der Waals surface area contributed by atoms with E-state index in [1.54, 1.807) is 12.1 Å². The molecule has 5 heteroatoms. The lowest BCUT2D eigenvalue weighted by Crippen LogP contribution is -2.01. The van der Waals surface area contributed by atoms with Crippen molar-refractivity contribution >= 4 is 34.1 Å². The van der Waals surface area contributed by atoms with E-state index in [1.165, 1.54) is 0 Å². The van der Waals surface area contributed by atoms with Crippen molar-refractivity contribution in [3.05, 3.63) is 23.7 Å². The number of carboxylic acid groups (broad SMARTS) is 1. The van der Waals surface area contributed by atoms with E-state index >= 15 is 0 Å². The highest BCUT2D eigenvalue weighted by atomic mass is 32.2. The number of hydrogen-bond acceptors (Lipinski definition) is 4. The van der Waals surface area contributed by atoms with Crippen molar-refractivity contribution in [2.45, 2.75) is 6.92 Å². The monoisotopic (exact) mass is 216 g/mol. The van der Waals surface area contributed by atoms with Gasteiger partial charge in [0.15, 0.2) is 5.76 Å². The van der Waals surface area contributed by atoms with Crippen LogP contribution in [-0.2, 0) is 4.79 Å². The van der Waals surface area contributed by atoms with Crippen LogP contribution in [-0.4, -0.2) is 21.0 Å². The Morgan fingerprint density at radius 2 is 2.38 bits per heavy atom. The molecule has 1 aromatic heterocycles. The van der Waals surface area contributed by atoms with Gasteiger partial charge in [-0.15, -0.1) is 0 Å². The van der Waals surface area contributed by atoms with E-state index < -0.39 is 5.97 Å². The predicted molar refractivity (Wildman–Crippen MR) is 55.2 cm³/mol. The minimum Gasteiger partial charge on any atom is -0.481 e. The highest BCUT2D eigenvalue weighted by Crippen LogP contribution is 2.16.